The summed E-state index contributed by atoms with van der Waals surface area (Å²) in [6.45, 7) is 1.20. The highest BCUT2D eigenvalue weighted by atomic mass is 32.2. The van der Waals surface area contributed by atoms with Crippen molar-refractivity contribution in [3.05, 3.63) is 24.2 Å². The molecule has 1 saturated carbocycles. The Morgan fingerprint density at radius 1 is 1.40 bits per heavy atom. The first-order valence-corrected chi connectivity index (χ1v) is 6.94. The van der Waals surface area contributed by atoms with Gasteiger partial charge in [-0.3, -0.25) is 0 Å². The summed E-state index contributed by atoms with van der Waals surface area (Å²) in [5.74, 6) is 3.35. The monoisotopic (exact) mass is 225 g/mol. The predicted octanol–water partition coefficient (Wildman–Crippen LogP) is 3.05. The molecule has 0 saturated heterocycles. The lowest BCUT2D eigenvalue weighted by Crippen LogP contribution is -2.17. The van der Waals surface area contributed by atoms with Crippen LogP contribution in [0.5, 0.6) is 0 Å². The van der Waals surface area contributed by atoms with Crippen LogP contribution in [0.4, 0.5) is 0 Å². The Hall–Kier alpha value is -0.410. The highest BCUT2D eigenvalue weighted by Crippen LogP contribution is 2.18. The molecule has 3 heteroatoms. The van der Waals surface area contributed by atoms with E-state index in [0.29, 0.717) is 0 Å². The molecule has 1 aliphatic rings. The number of rotatable bonds is 8. The van der Waals surface area contributed by atoms with Crippen LogP contribution in [0.3, 0.4) is 0 Å². The molecule has 0 unspecified atom stereocenters. The molecule has 0 spiro atoms. The van der Waals surface area contributed by atoms with Crippen molar-refractivity contribution in [2.75, 3.05) is 12.3 Å². The molecule has 2 nitrogen and oxygen atoms in total. The summed E-state index contributed by atoms with van der Waals surface area (Å²) in [6.07, 6.45) is 7.16. The van der Waals surface area contributed by atoms with Gasteiger partial charge in [0.05, 0.1) is 12.0 Å². The molecule has 1 aromatic rings. The van der Waals surface area contributed by atoms with Crippen molar-refractivity contribution >= 4 is 11.8 Å². The first-order chi connectivity index (χ1) is 7.45. The Morgan fingerprint density at radius 2 is 2.33 bits per heavy atom. The van der Waals surface area contributed by atoms with E-state index in [0.717, 1.165) is 17.6 Å². The average molecular weight is 225 g/mol. The molecule has 2 rings (SSSR count). The normalized spacial score (nSPS) is 15.7. The van der Waals surface area contributed by atoms with Crippen LogP contribution in [-0.4, -0.2) is 18.3 Å². The van der Waals surface area contributed by atoms with Gasteiger partial charge in [-0.05, 0) is 50.1 Å². The fraction of sp³-hybridized carbons (Fsp3) is 0.667. The fourth-order valence-electron chi connectivity index (χ4n) is 1.49. The maximum Gasteiger partial charge on any atom is 0.113 e. The third-order valence-electron chi connectivity index (χ3n) is 2.55. The number of hydrogen-bond donors (Lipinski definition) is 1. The summed E-state index contributed by atoms with van der Waals surface area (Å²) >= 11 is 1.96. The number of thioether (sulfide) groups is 1. The Labute approximate surface area is 95.8 Å². The third kappa shape index (κ3) is 4.76. The lowest BCUT2D eigenvalue weighted by atomic mass is 10.3. The summed E-state index contributed by atoms with van der Waals surface area (Å²) in [4.78, 5) is 0. The van der Waals surface area contributed by atoms with E-state index < -0.39 is 0 Å². The molecule has 0 amide bonds. The van der Waals surface area contributed by atoms with Crippen LogP contribution < -0.4 is 5.32 Å². The zero-order chi connectivity index (χ0) is 10.3. The van der Waals surface area contributed by atoms with E-state index in [4.69, 9.17) is 4.42 Å². The fourth-order valence-corrected chi connectivity index (χ4v) is 2.41. The van der Waals surface area contributed by atoms with E-state index in [9.17, 15) is 0 Å². The van der Waals surface area contributed by atoms with Gasteiger partial charge >= 0.3 is 0 Å². The number of nitrogens with one attached hydrogen (secondary N) is 1. The van der Waals surface area contributed by atoms with Crippen LogP contribution >= 0.6 is 11.8 Å². The quantitative estimate of drug-likeness (QED) is 0.688. The number of furan rings is 1. The third-order valence-corrected chi connectivity index (χ3v) is 3.62. The van der Waals surface area contributed by atoms with Crippen LogP contribution in [0.1, 0.15) is 31.4 Å². The van der Waals surface area contributed by atoms with Crippen molar-refractivity contribution in [1.29, 1.82) is 0 Å². The number of hydrogen-bond acceptors (Lipinski definition) is 3. The van der Waals surface area contributed by atoms with Gasteiger partial charge in [0.2, 0.25) is 0 Å². The van der Waals surface area contributed by atoms with Crippen LogP contribution in [0, 0.1) is 0 Å². The van der Waals surface area contributed by atoms with Gasteiger partial charge in [-0.15, -0.1) is 0 Å². The molecule has 84 valence electrons. The van der Waals surface area contributed by atoms with Crippen LogP contribution in [0.15, 0.2) is 22.8 Å². The first-order valence-electron chi connectivity index (χ1n) is 5.78. The van der Waals surface area contributed by atoms with E-state index in [1.165, 1.54) is 38.0 Å². The largest absolute Gasteiger partial charge is 0.468 e. The SMILES string of the molecule is c1coc(CSCCCCNC2CC2)c1. The van der Waals surface area contributed by atoms with E-state index >= 15 is 0 Å². The topological polar surface area (TPSA) is 25.2 Å². The predicted molar refractivity (Wildman–Crippen MR) is 65.1 cm³/mol. The molecule has 1 fully saturated rings. The summed E-state index contributed by atoms with van der Waals surface area (Å²) in [7, 11) is 0. The van der Waals surface area contributed by atoms with Crippen molar-refractivity contribution in [2.24, 2.45) is 0 Å². The molecule has 1 N–H and O–H groups in total. The zero-order valence-corrected chi connectivity index (χ0v) is 9.89. The Bertz CT molecular complexity index is 257. The summed E-state index contributed by atoms with van der Waals surface area (Å²) in [6, 6.07) is 4.86. The molecule has 1 aromatic heterocycles. The minimum atomic E-state index is 0.862. The van der Waals surface area contributed by atoms with Crippen LogP contribution in [0.25, 0.3) is 0 Å². The second kappa shape index (κ2) is 6.23. The van der Waals surface area contributed by atoms with E-state index in [1.54, 1.807) is 6.26 Å². The van der Waals surface area contributed by atoms with Crippen molar-refractivity contribution in [3.63, 3.8) is 0 Å². The van der Waals surface area contributed by atoms with Gasteiger partial charge < -0.3 is 9.73 Å². The van der Waals surface area contributed by atoms with Gasteiger partial charge in [-0.25, -0.2) is 0 Å². The van der Waals surface area contributed by atoms with Gasteiger partial charge in [0.25, 0.3) is 0 Å². The summed E-state index contributed by atoms with van der Waals surface area (Å²) < 4.78 is 5.27. The molecular formula is C12H19NOS. The molecule has 0 bridgehead atoms. The second-order valence-corrected chi connectivity index (χ2v) is 5.17. The van der Waals surface area contributed by atoms with Gasteiger partial charge in [0, 0.05) is 6.04 Å². The molecule has 0 aliphatic heterocycles. The molecule has 0 aromatic carbocycles. The Balaban J connectivity index is 1.38. The summed E-state index contributed by atoms with van der Waals surface area (Å²) in [5, 5.41) is 3.53. The van der Waals surface area contributed by atoms with Gasteiger partial charge in [-0.1, -0.05) is 0 Å². The lowest BCUT2D eigenvalue weighted by Gasteiger charge is -2.02. The molecule has 15 heavy (non-hydrogen) atoms. The average Bonchev–Trinajstić information content (AvgIpc) is 2.92. The van der Waals surface area contributed by atoms with Crippen LogP contribution in [0.2, 0.25) is 0 Å². The van der Waals surface area contributed by atoms with Gasteiger partial charge in [0.15, 0.2) is 0 Å². The molecule has 0 radical (unpaired) electrons. The summed E-state index contributed by atoms with van der Waals surface area (Å²) in [5.41, 5.74) is 0. The second-order valence-electron chi connectivity index (χ2n) is 4.07. The zero-order valence-electron chi connectivity index (χ0n) is 9.08. The van der Waals surface area contributed by atoms with Crippen molar-refractivity contribution in [1.82, 2.24) is 5.32 Å². The molecule has 1 heterocycles. The molecular weight excluding hydrogens is 206 g/mol. The minimum Gasteiger partial charge on any atom is -0.468 e. The smallest absolute Gasteiger partial charge is 0.113 e. The maximum absolute atomic E-state index is 5.27. The maximum atomic E-state index is 5.27. The van der Waals surface area contributed by atoms with Gasteiger partial charge in [-0.2, -0.15) is 11.8 Å². The van der Waals surface area contributed by atoms with Gasteiger partial charge in [0.1, 0.15) is 5.76 Å². The first kappa shape index (κ1) is 11.1. The Morgan fingerprint density at radius 3 is 3.07 bits per heavy atom. The lowest BCUT2D eigenvalue weighted by molar-refractivity contribution is 0.530. The van der Waals surface area contributed by atoms with Crippen molar-refractivity contribution in [3.8, 4) is 0 Å². The minimum absolute atomic E-state index is 0.862. The highest BCUT2D eigenvalue weighted by Gasteiger charge is 2.19. The molecule has 1 aliphatic carbocycles. The Kier molecular flexibility index (Phi) is 4.61. The highest BCUT2D eigenvalue weighted by molar-refractivity contribution is 7.98. The van der Waals surface area contributed by atoms with Crippen molar-refractivity contribution in [2.45, 2.75) is 37.5 Å². The van der Waals surface area contributed by atoms with E-state index in [2.05, 4.69) is 5.32 Å². The number of unbranched alkanes of at least 4 members (excludes halogenated alkanes) is 1. The van der Waals surface area contributed by atoms with Crippen LogP contribution in [-0.2, 0) is 5.75 Å². The van der Waals surface area contributed by atoms with E-state index in [-0.39, 0.29) is 0 Å². The van der Waals surface area contributed by atoms with E-state index in [1.807, 2.05) is 23.9 Å². The van der Waals surface area contributed by atoms with Crippen molar-refractivity contribution < 1.29 is 4.42 Å². The molecule has 0 atom stereocenters. The standard InChI is InChI=1S/C12H19NOS/c1(7-13-11-5-6-11)2-9-15-10-12-4-3-8-14-12/h3-4,8,11,13H,1-2,5-7,9-10H2.